The average Bonchev–Trinajstić information content (AvgIpc) is 3.13. The SMILES string of the molecule is COc1cccc([C@@H]2C[C@@H](C(=O)O)c3nnc(C(F)(F)F)n3-c3ccc(Cl)cc32)c1OC. The van der Waals surface area contributed by atoms with Crippen molar-refractivity contribution >= 4 is 17.6 Å². The van der Waals surface area contributed by atoms with Gasteiger partial charge in [0.25, 0.3) is 0 Å². The molecular formula is C21H17ClF3N3O4. The van der Waals surface area contributed by atoms with Gasteiger partial charge in [-0.25, -0.2) is 0 Å². The van der Waals surface area contributed by atoms with Crippen molar-refractivity contribution < 1.29 is 32.5 Å². The van der Waals surface area contributed by atoms with E-state index in [1.165, 1.54) is 32.4 Å². The molecule has 0 amide bonds. The second-order valence-electron chi connectivity index (χ2n) is 7.18. The van der Waals surface area contributed by atoms with Gasteiger partial charge in [-0.3, -0.25) is 9.36 Å². The van der Waals surface area contributed by atoms with Crippen molar-refractivity contribution in [2.75, 3.05) is 14.2 Å². The van der Waals surface area contributed by atoms with Crippen LogP contribution in [-0.4, -0.2) is 40.1 Å². The van der Waals surface area contributed by atoms with Crippen LogP contribution in [0.3, 0.4) is 0 Å². The Morgan fingerprint density at radius 2 is 1.91 bits per heavy atom. The Morgan fingerprint density at radius 3 is 2.53 bits per heavy atom. The van der Waals surface area contributed by atoms with E-state index in [2.05, 4.69) is 10.2 Å². The van der Waals surface area contributed by atoms with Crippen molar-refractivity contribution in [3.05, 3.63) is 64.2 Å². The lowest BCUT2D eigenvalue weighted by Gasteiger charge is -2.23. The molecule has 0 fully saturated rings. The van der Waals surface area contributed by atoms with Crippen molar-refractivity contribution in [3.63, 3.8) is 0 Å². The van der Waals surface area contributed by atoms with E-state index in [1.807, 2.05) is 0 Å². The highest BCUT2D eigenvalue weighted by Gasteiger charge is 2.44. The molecule has 1 aromatic heterocycles. The molecule has 4 rings (SSSR count). The largest absolute Gasteiger partial charge is 0.493 e. The highest BCUT2D eigenvalue weighted by atomic mass is 35.5. The summed E-state index contributed by atoms with van der Waals surface area (Å²) in [7, 11) is 2.89. The molecule has 3 aromatic rings. The number of fused-ring (bicyclic) bond motifs is 3. The van der Waals surface area contributed by atoms with Gasteiger partial charge in [-0.15, -0.1) is 10.2 Å². The van der Waals surface area contributed by atoms with E-state index in [0.29, 0.717) is 22.6 Å². The second kappa shape index (κ2) is 8.01. The molecule has 0 radical (unpaired) electrons. The number of aliphatic carboxylic acids is 1. The van der Waals surface area contributed by atoms with E-state index >= 15 is 0 Å². The third kappa shape index (κ3) is 3.54. The molecule has 1 aliphatic heterocycles. The Labute approximate surface area is 185 Å². The predicted octanol–water partition coefficient (Wildman–Crippen LogP) is 4.66. The molecule has 2 heterocycles. The molecule has 168 valence electrons. The number of carbonyl (C=O) groups is 1. The van der Waals surface area contributed by atoms with E-state index in [0.717, 1.165) is 4.57 Å². The zero-order chi connectivity index (χ0) is 23.2. The van der Waals surface area contributed by atoms with Gasteiger partial charge in [-0.2, -0.15) is 13.2 Å². The fourth-order valence-corrected chi connectivity index (χ4v) is 4.29. The van der Waals surface area contributed by atoms with Crippen molar-refractivity contribution in [1.29, 1.82) is 0 Å². The molecule has 1 N–H and O–H groups in total. The number of alkyl halides is 3. The number of carboxylic acids is 1. The lowest BCUT2D eigenvalue weighted by atomic mass is 9.83. The Balaban J connectivity index is 2.06. The molecule has 0 saturated heterocycles. The normalized spacial score (nSPS) is 17.8. The number of hydrogen-bond donors (Lipinski definition) is 1. The Kier molecular flexibility index (Phi) is 5.49. The topological polar surface area (TPSA) is 86.5 Å². The maximum Gasteiger partial charge on any atom is 0.452 e. The Morgan fingerprint density at radius 1 is 1.16 bits per heavy atom. The first-order valence-electron chi connectivity index (χ1n) is 9.43. The zero-order valence-corrected chi connectivity index (χ0v) is 17.6. The van der Waals surface area contributed by atoms with Crippen LogP contribution in [0.1, 0.15) is 41.0 Å². The third-order valence-electron chi connectivity index (χ3n) is 5.44. The van der Waals surface area contributed by atoms with Crippen molar-refractivity contribution in [2.45, 2.75) is 24.4 Å². The van der Waals surface area contributed by atoms with Gasteiger partial charge in [0.15, 0.2) is 17.3 Å². The zero-order valence-electron chi connectivity index (χ0n) is 16.9. The Hall–Kier alpha value is -3.27. The van der Waals surface area contributed by atoms with E-state index in [-0.39, 0.29) is 23.0 Å². The van der Waals surface area contributed by atoms with Crippen molar-refractivity contribution in [1.82, 2.24) is 14.8 Å². The molecular weight excluding hydrogens is 451 g/mol. The summed E-state index contributed by atoms with van der Waals surface area (Å²) in [5, 5.41) is 17.1. The summed E-state index contributed by atoms with van der Waals surface area (Å²) in [5.41, 5.74) is 1.04. The minimum Gasteiger partial charge on any atom is -0.493 e. The summed E-state index contributed by atoms with van der Waals surface area (Å²) in [6, 6.07) is 9.45. The van der Waals surface area contributed by atoms with Crippen LogP contribution < -0.4 is 9.47 Å². The van der Waals surface area contributed by atoms with Gasteiger partial charge < -0.3 is 14.6 Å². The van der Waals surface area contributed by atoms with Crippen LogP contribution in [0, 0.1) is 0 Å². The summed E-state index contributed by atoms with van der Waals surface area (Å²) < 4.78 is 52.9. The smallest absolute Gasteiger partial charge is 0.452 e. The van der Waals surface area contributed by atoms with Gasteiger partial charge in [0.2, 0.25) is 5.82 Å². The molecule has 0 saturated carbocycles. The number of ether oxygens (including phenoxy) is 2. The number of rotatable bonds is 4. The fourth-order valence-electron chi connectivity index (χ4n) is 4.11. The highest BCUT2D eigenvalue weighted by molar-refractivity contribution is 6.30. The molecule has 0 unspecified atom stereocenters. The standard InChI is InChI=1S/C21H17ClF3N3O4/c1-31-16-5-3-4-11(17(16)32-2)12-9-14(19(29)30)18-26-27-20(21(23,24)25)28(18)15-7-6-10(22)8-13(12)15/h3-8,12,14H,9H2,1-2H3,(H,29,30)/t12-,14+/m0/s1. The minimum absolute atomic E-state index is 0.0950. The van der Waals surface area contributed by atoms with Crippen LogP contribution in [0.2, 0.25) is 5.02 Å². The van der Waals surface area contributed by atoms with Crippen molar-refractivity contribution in [2.24, 2.45) is 0 Å². The molecule has 7 nitrogen and oxygen atoms in total. The molecule has 1 aliphatic rings. The van der Waals surface area contributed by atoms with Crippen LogP contribution in [0.4, 0.5) is 13.2 Å². The Bertz CT molecular complexity index is 1200. The number of aromatic nitrogens is 3. The lowest BCUT2D eigenvalue weighted by Crippen LogP contribution is -2.19. The first-order valence-corrected chi connectivity index (χ1v) is 9.81. The molecule has 0 bridgehead atoms. The monoisotopic (exact) mass is 467 g/mol. The molecule has 0 spiro atoms. The summed E-state index contributed by atoms with van der Waals surface area (Å²) in [6.07, 6.45) is -4.94. The second-order valence-corrected chi connectivity index (χ2v) is 7.62. The van der Waals surface area contributed by atoms with Crippen LogP contribution >= 0.6 is 11.6 Å². The molecule has 0 aliphatic carbocycles. The van der Waals surface area contributed by atoms with Crippen molar-refractivity contribution in [3.8, 4) is 17.2 Å². The fraction of sp³-hybridized carbons (Fsp3) is 0.286. The summed E-state index contributed by atoms with van der Waals surface area (Å²) in [4.78, 5) is 12.2. The number of para-hydroxylation sites is 1. The number of halogens is 4. The molecule has 11 heteroatoms. The van der Waals surface area contributed by atoms with E-state index in [1.54, 1.807) is 18.2 Å². The maximum atomic E-state index is 13.7. The van der Waals surface area contributed by atoms with Gasteiger partial charge in [-0.1, -0.05) is 23.7 Å². The summed E-state index contributed by atoms with van der Waals surface area (Å²) in [6.45, 7) is 0. The molecule has 32 heavy (non-hydrogen) atoms. The van der Waals surface area contributed by atoms with Gasteiger partial charge in [0.1, 0.15) is 5.92 Å². The van der Waals surface area contributed by atoms with Gasteiger partial charge >= 0.3 is 12.1 Å². The summed E-state index contributed by atoms with van der Waals surface area (Å²) in [5.74, 6) is -4.23. The quantitative estimate of drug-likeness (QED) is 0.600. The first kappa shape index (κ1) is 21.9. The highest BCUT2D eigenvalue weighted by Crippen LogP contribution is 2.48. The van der Waals surface area contributed by atoms with Crippen LogP contribution in [0.25, 0.3) is 5.69 Å². The van der Waals surface area contributed by atoms with Crippen LogP contribution in [0.15, 0.2) is 36.4 Å². The van der Waals surface area contributed by atoms with E-state index in [9.17, 15) is 23.1 Å². The summed E-state index contributed by atoms with van der Waals surface area (Å²) >= 11 is 6.21. The first-order chi connectivity index (χ1) is 15.2. The van der Waals surface area contributed by atoms with Gasteiger partial charge in [0, 0.05) is 16.5 Å². The predicted molar refractivity (Wildman–Crippen MR) is 108 cm³/mol. The maximum absolute atomic E-state index is 13.7. The number of benzene rings is 2. The van der Waals surface area contributed by atoms with Gasteiger partial charge in [0.05, 0.1) is 19.9 Å². The number of carboxylic acid groups (broad SMARTS) is 1. The van der Waals surface area contributed by atoms with E-state index in [4.69, 9.17) is 21.1 Å². The van der Waals surface area contributed by atoms with Crippen LogP contribution in [0.5, 0.6) is 11.5 Å². The van der Waals surface area contributed by atoms with E-state index < -0.39 is 29.8 Å². The number of hydrogen-bond acceptors (Lipinski definition) is 5. The molecule has 2 aromatic carbocycles. The van der Waals surface area contributed by atoms with Crippen LogP contribution in [-0.2, 0) is 11.0 Å². The number of nitrogens with zero attached hydrogens (tertiary/aromatic N) is 3. The van der Waals surface area contributed by atoms with Gasteiger partial charge in [-0.05, 0) is 36.2 Å². The molecule has 2 atom stereocenters. The third-order valence-corrected chi connectivity index (χ3v) is 5.67. The average molecular weight is 468 g/mol. The minimum atomic E-state index is -4.85. The number of methoxy groups -OCH3 is 2. The lowest BCUT2D eigenvalue weighted by molar-refractivity contribution is -0.146.